The first kappa shape index (κ1) is 29.3. The Kier molecular flexibility index (Phi) is 7.00. The van der Waals surface area contributed by atoms with E-state index in [1.807, 2.05) is 54.6 Å². The van der Waals surface area contributed by atoms with Gasteiger partial charge in [-0.1, -0.05) is 140 Å². The van der Waals surface area contributed by atoms with E-state index in [0.717, 1.165) is 61.2 Å². The number of benzene rings is 7. The van der Waals surface area contributed by atoms with Crippen molar-refractivity contribution in [2.24, 2.45) is 0 Å². The molecule has 0 aliphatic carbocycles. The fourth-order valence-corrected chi connectivity index (χ4v) is 7.26. The fourth-order valence-electron chi connectivity index (χ4n) is 7.26. The number of nitriles is 1. The van der Waals surface area contributed by atoms with E-state index in [-0.39, 0.29) is 0 Å². The molecule has 8 aromatic rings. The maximum absolute atomic E-state index is 9.46. The van der Waals surface area contributed by atoms with Gasteiger partial charge in [0, 0.05) is 33.2 Å². The van der Waals surface area contributed by atoms with Crippen molar-refractivity contribution in [2.45, 2.75) is 5.41 Å². The molecular weight excluding hydrogens is 613 g/mol. The van der Waals surface area contributed by atoms with Crippen molar-refractivity contribution in [1.82, 2.24) is 15.0 Å². The molecule has 5 nitrogen and oxygen atoms in total. The predicted molar refractivity (Wildman–Crippen MR) is 197 cm³/mol. The summed E-state index contributed by atoms with van der Waals surface area (Å²) < 4.78 is 7.00. The van der Waals surface area contributed by atoms with Crippen LogP contribution in [-0.4, -0.2) is 15.0 Å². The summed E-state index contributed by atoms with van der Waals surface area (Å²) in [6.45, 7) is 0. The Morgan fingerprint density at radius 2 is 1.08 bits per heavy atom. The monoisotopic (exact) mass is 640 g/mol. The first-order valence-electron chi connectivity index (χ1n) is 16.5. The van der Waals surface area contributed by atoms with Gasteiger partial charge in [-0.3, -0.25) is 0 Å². The Hall–Kier alpha value is -6.90. The summed E-state index contributed by atoms with van der Waals surface area (Å²) in [6.07, 6.45) is 0. The van der Waals surface area contributed by atoms with Crippen LogP contribution in [0.25, 0.3) is 44.9 Å². The van der Waals surface area contributed by atoms with Gasteiger partial charge >= 0.3 is 0 Å². The van der Waals surface area contributed by atoms with Gasteiger partial charge in [-0.15, -0.1) is 0 Å². The molecule has 0 saturated carbocycles. The molecule has 0 amide bonds. The van der Waals surface area contributed by atoms with Crippen molar-refractivity contribution in [3.05, 3.63) is 198 Å². The number of hydrogen-bond donors (Lipinski definition) is 0. The second kappa shape index (κ2) is 12.0. The van der Waals surface area contributed by atoms with Crippen LogP contribution in [0.5, 0.6) is 11.5 Å². The number of nitrogens with zero attached hydrogens (tertiary/aromatic N) is 4. The van der Waals surface area contributed by atoms with Crippen LogP contribution in [0.4, 0.5) is 0 Å². The van der Waals surface area contributed by atoms with Crippen LogP contribution in [0.2, 0.25) is 0 Å². The van der Waals surface area contributed by atoms with E-state index in [1.165, 1.54) is 0 Å². The Labute approximate surface area is 289 Å². The molecule has 5 heteroatoms. The average molecular weight is 641 g/mol. The molecule has 1 aliphatic heterocycles. The molecule has 0 atom stereocenters. The summed E-state index contributed by atoms with van der Waals surface area (Å²) in [5.41, 5.74) is 6.48. The molecule has 0 fully saturated rings. The lowest BCUT2D eigenvalue weighted by Crippen LogP contribution is -2.35. The van der Waals surface area contributed by atoms with E-state index in [9.17, 15) is 5.26 Å². The van der Waals surface area contributed by atoms with Gasteiger partial charge in [0.2, 0.25) is 0 Å². The number of fused-ring (bicyclic) bond motifs is 4. The average Bonchev–Trinajstić information content (AvgIpc) is 3.20. The lowest BCUT2D eigenvalue weighted by Gasteiger charge is -2.42. The summed E-state index contributed by atoms with van der Waals surface area (Å²) in [5.74, 6) is 3.17. The van der Waals surface area contributed by atoms with E-state index >= 15 is 0 Å². The van der Waals surface area contributed by atoms with Crippen LogP contribution >= 0.6 is 0 Å². The zero-order valence-electron chi connectivity index (χ0n) is 26.9. The SMILES string of the molecule is N#Cc1ccc(-c2nc(-c3ccccc3)nc(-c3cccc4c3C(c3ccccc3)(c3ccccc3)c3ccc5ccccc5c3O4)n2)cc1. The molecular formula is C45H28N4O. The lowest BCUT2D eigenvalue weighted by molar-refractivity contribution is 0.440. The van der Waals surface area contributed by atoms with E-state index < -0.39 is 5.41 Å². The zero-order valence-corrected chi connectivity index (χ0v) is 26.9. The Bertz CT molecular complexity index is 2520. The van der Waals surface area contributed by atoms with E-state index in [2.05, 4.69) is 109 Å². The Balaban J connectivity index is 1.40. The van der Waals surface area contributed by atoms with Crippen molar-refractivity contribution in [3.63, 3.8) is 0 Å². The predicted octanol–water partition coefficient (Wildman–Crippen LogP) is 10.4. The van der Waals surface area contributed by atoms with Gasteiger partial charge in [-0.05, 0) is 46.8 Å². The van der Waals surface area contributed by atoms with Crippen molar-refractivity contribution in [3.8, 4) is 51.7 Å². The maximum atomic E-state index is 9.46. The second-order valence-corrected chi connectivity index (χ2v) is 12.3. The molecule has 0 N–H and O–H groups in total. The fraction of sp³-hybridized carbons (Fsp3) is 0.0222. The molecule has 50 heavy (non-hydrogen) atoms. The Morgan fingerprint density at radius 3 is 1.74 bits per heavy atom. The van der Waals surface area contributed by atoms with Gasteiger partial charge < -0.3 is 4.74 Å². The van der Waals surface area contributed by atoms with Crippen LogP contribution < -0.4 is 4.74 Å². The number of aromatic nitrogens is 3. The third kappa shape index (κ3) is 4.66. The topological polar surface area (TPSA) is 71.7 Å². The van der Waals surface area contributed by atoms with Gasteiger partial charge in [0.05, 0.1) is 17.0 Å². The first-order chi connectivity index (χ1) is 24.7. The first-order valence-corrected chi connectivity index (χ1v) is 16.5. The summed E-state index contributed by atoms with van der Waals surface area (Å²) in [7, 11) is 0. The highest BCUT2D eigenvalue weighted by Crippen LogP contribution is 2.59. The van der Waals surface area contributed by atoms with Gasteiger partial charge in [-0.25, -0.2) is 15.0 Å². The highest BCUT2D eigenvalue weighted by molar-refractivity contribution is 5.93. The minimum atomic E-state index is -0.791. The van der Waals surface area contributed by atoms with Crippen LogP contribution in [-0.2, 0) is 5.41 Å². The van der Waals surface area contributed by atoms with Gasteiger partial charge in [0.15, 0.2) is 17.5 Å². The van der Waals surface area contributed by atoms with Crippen molar-refractivity contribution in [1.29, 1.82) is 5.26 Å². The lowest BCUT2D eigenvalue weighted by atomic mass is 9.62. The van der Waals surface area contributed by atoms with Gasteiger partial charge in [0.1, 0.15) is 11.5 Å². The molecule has 0 unspecified atom stereocenters. The zero-order chi connectivity index (χ0) is 33.5. The molecule has 234 valence electrons. The van der Waals surface area contributed by atoms with Crippen LogP contribution in [0.15, 0.2) is 170 Å². The molecule has 9 rings (SSSR count). The van der Waals surface area contributed by atoms with Crippen LogP contribution in [0.1, 0.15) is 27.8 Å². The number of hydrogen-bond acceptors (Lipinski definition) is 5. The summed E-state index contributed by atoms with van der Waals surface area (Å²) in [4.78, 5) is 15.3. The minimum absolute atomic E-state index is 0.518. The number of rotatable bonds is 5. The van der Waals surface area contributed by atoms with Crippen molar-refractivity contribution in [2.75, 3.05) is 0 Å². The quantitative estimate of drug-likeness (QED) is 0.187. The van der Waals surface area contributed by atoms with Crippen molar-refractivity contribution >= 4 is 10.8 Å². The molecule has 0 spiro atoms. The van der Waals surface area contributed by atoms with Crippen molar-refractivity contribution < 1.29 is 4.74 Å². The molecule has 0 radical (unpaired) electrons. The normalized spacial score (nSPS) is 12.7. The third-order valence-corrected chi connectivity index (χ3v) is 9.49. The molecule has 2 heterocycles. The highest BCUT2D eigenvalue weighted by atomic mass is 16.5. The van der Waals surface area contributed by atoms with Crippen LogP contribution in [0, 0.1) is 11.3 Å². The molecule has 7 aromatic carbocycles. The molecule has 0 bridgehead atoms. The van der Waals surface area contributed by atoms with Crippen LogP contribution in [0.3, 0.4) is 0 Å². The van der Waals surface area contributed by atoms with Gasteiger partial charge in [-0.2, -0.15) is 5.26 Å². The summed E-state index contributed by atoms with van der Waals surface area (Å²) in [6, 6.07) is 59.7. The maximum Gasteiger partial charge on any atom is 0.164 e. The molecule has 1 aliphatic rings. The standard InChI is InChI=1S/C45H28N4O/c46-29-30-23-25-33(26-24-30)43-47-42(32-14-4-1-5-15-32)48-44(49-43)37-21-12-22-39-40(37)45(34-16-6-2-7-17-34,35-18-8-3-9-19-35)38-28-27-31-13-10-11-20-36(31)41(38)50-39/h1-28H. The molecule has 1 aromatic heterocycles. The Morgan fingerprint density at radius 1 is 0.500 bits per heavy atom. The van der Waals surface area contributed by atoms with E-state index in [4.69, 9.17) is 19.7 Å². The summed E-state index contributed by atoms with van der Waals surface area (Å²) >= 11 is 0. The third-order valence-electron chi connectivity index (χ3n) is 9.49. The smallest absolute Gasteiger partial charge is 0.164 e. The summed E-state index contributed by atoms with van der Waals surface area (Å²) in [5, 5.41) is 11.6. The largest absolute Gasteiger partial charge is 0.456 e. The van der Waals surface area contributed by atoms with E-state index in [0.29, 0.717) is 23.0 Å². The van der Waals surface area contributed by atoms with E-state index in [1.54, 1.807) is 12.1 Å². The second-order valence-electron chi connectivity index (χ2n) is 12.3. The number of ether oxygens (including phenoxy) is 1. The molecule has 0 saturated heterocycles. The minimum Gasteiger partial charge on any atom is -0.456 e. The highest BCUT2D eigenvalue weighted by Gasteiger charge is 2.47. The van der Waals surface area contributed by atoms with Gasteiger partial charge in [0.25, 0.3) is 0 Å².